The number of nitriles is 1. The minimum atomic E-state index is -4.49. The number of halogens is 3. The van der Waals surface area contributed by atoms with Crippen LogP contribution >= 0.6 is 0 Å². The zero-order valence-corrected chi connectivity index (χ0v) is 11.9. The first-order chi connectivity index (χ1) is 9.95. The topological polar surface area (TPSA) is 39.1 Å². The monoisotopic (exact) mass is 297 g/mol. The van der Waals surface area contributed by atoms with E-state index in [4.69, 9.17) is 5.26 Å². The van der Waals surface area contributed by atoms with Crippen molar-refractivity contribution >= 4 is 5.69 Å². The van der Waals surface area contributed by atoms with Crippen LogP contribution in [0.5, 0.6) is 0 Å². The third-order valence-corrected chi connectivity index (χ3v) is 3.64. The lowest BCUT2D eigenvalue weighted by Gasteiger charge is -2.20. The van der Waals surface area contributed by atoms with E-state index in [-0.39, 0.29) is 5.56 Å². The van der Waals surface area contributed by atoms with Crippen molar-refractivity contribution in [3.05, 3.63) is 29.3 Å². The van der Waals surface area contributed by atoms with Crippen molar-refractivity contribution in [2.45, 2.75) is 32.0 Å². The first-order valence-corrected chi connectivity index (χ1v) is 7.05. The lowest BCUT2D eigenvalue weighted by atomic mass is 10.1. The highest BCUT2D eigenvalue weighted by atomic mass is 19.4. The number of hydrogen-bond acceptors (Lipinski definition) is 3. The van der Waals surface area contributed by atoms with Gasteiger partial charge in [-0.25, -0.2) is 0 Å². The van der Waals surface area contributed by atoms with E-state index in [9.17, 15) is 13.2 Å². The van der Waals surface area contributed by atoms with Gasteiger partial charge < -0.3 is 5.32 Å². The number of nitrogens with one attached hydrogen (secondary N) is 1. The highest BCUT2D eigenvalue weighted by Crippen LogP contribution is 2.33. The molecule has 0 aliphatic heterocycles. The minimum absolute atomic E-state index is 0.345. The van der Waals surface area contributed by atoms with Gasteiger partial charge in [0.05, 0.1) is 17.2 Å². The summed E-state index contributed by atoms with van der Waals surface area (Å²) in [7, 11) is 0. The molecule has 1 aromatic carbocycles. The molecule has 0 spiro atoms. The fourth-order valence-corrected chi connectivity index (χ4v) is 2.38. The van der Waals surface area contributed by atoms with Crippen LogP contribution in [-0.2, 0) is 6.18 Å². The van der Waals surface area contributed by atoms with E-state index in [0.29, 0.717) is 18.3 Å². The lowest BCUT2D eigenvalue weighted by Crippen LogP contribution is -2.30. The molecule has 0 aromatic heterocycles. The van der Waals surface area contributed by atoms with Gasteiger partial charge in [0.15, 0.2) is 0 Å². The molecular formula is C15H18F3N3. The van der Waals surface area contributed by atoms with Crippen molar-refractivity contribution in [3.63, 3.8) is 0 Å². The Labute approximate surface area is 122 Å². The van der Waals surface area contributed by atoms with Gasteiger partial charge in [-0.2, -0.15) is 18.4 Å². The summed E-state index contributed by atoms with van der Waals surface area (Å²) >= 11 is 0. The number of alkyl halides is 3. The number of rotatable bonds is 6. The van der Waals surface area contributed by atoms with E-state index >= 15 is 0 Å². The highest BCUT2D eigenvalue weighted by molar-refractivity contribution is 5.53. The van der Waals surface area contributed by atoms with Crippen LogP contribution in [0, 0.1) is 11.3 Å². The van der Waals surface area contributed by atoms with Crippen LogP contribution in [0.1, 0.15) is 30.9 Å². The van der Waals surface area contributed by atoms with E-state index in [0.717, 1.165) is 19.2 Å². The molecule has 3 nitrogen and oxygen atoms in total. The summed E-state index contributed by atoms with van der Waals surface area (Å²) in [6.45, 7) is 4.58. The molecule has 0 unspecified atom stereocenters. The van der Waals surface area contributed by atoms with Crippen molar-refractivity contribution in [1.29, 1.82) is 5.26 Å². The zero-order chi connectivity index (χ0) is 15.5. The Kier molecular flexibility index (Phi) is 4.73. The molecule has 21 heavy (non-hydrogen) atoms. The van der Waals surface area contributed by atoms with Crippen molar-refractivity contribution in [1.82, 2.24) is 4.90 Å². The van der Waals surface area contributed by atoms with Gasteiger partial charge in [-0.3, -0.25) is 4.90 Å². The smallest absolute Gasteiger partial charge is 0.384 e. The van der Waals surface area contributed by atoms with Gasteiger partial charge in [-0.1, -0.05) is 6.92 Å². The SMILES string of the molecule is CCN(CCNc1ccc(C(F)(F)F)c(C#N)c1)C1CC1. The Bertz CT molecular complexity index is 530. The Morgan fingerprint density at radius 2 is 2.10 bits per heavy atom. The van der Waals surface area contributed by atoms with E-state index in [1.54, 1.807) is 6.07 Å². The molecule has 114 valence electrons. The maximum Gasteiger partial charge on any atom is 0.417 e. The summed E-state index contributed by atoms with van der Waals surface area (Å²) < 4.78 is 38.1. The average molecular weight is 297 g/mol. The van der Waals surface area contributed by atoms with Gasteiger partial charge in [0, 0.05) is 24.8 Å². The van der Waals surface area contributed by atoms with E-state index in [2.05, 4.69) is 17.1 Å². The van der Waals surface area contributed by atoms with E-state index in [1.165, 1.54) is 25.0 Å². The minimum Gasteiger partial charge on any atom is -0.384 e. The maximum atomic E-state index is 12.7. The van der Waals surface area contributed by atoms with Crippen molar-refractivity contribution < 1.29 is 13.2 Å². The summed E-state index contributed by atoms with van der Waals surface area (Å²) in [5.41, 5.74) is -0.683. The molecule has 1 fully saturated rings. The molecule has 0 radical (unpaired) electrons. The summed E-state index contributed by atoms with van der Waals surface area (Å²) in [6.07, 6.45) is -2.03. The maximum absolute atomic E-state index is 12.7. The van der Waals surface area contributed by atoms with Crippen molar-refractivity contribution in [2.75, 3.05) is 25.0 Å². The van der Waals surface area contributed by atoms with Crippen LogP contribution < -0.4 is 5.32 Å². The molecule has 1 aromatic rings. The Hall–Kier alpha value is -1.74. The van der Waals surface area contributed by atoms with Crippen LogP contribution in [0.2, 0.25) is 0 Å². The second-order valence-corrected chi connectivity index (χ2v) is 5.16. The third kappa shape index (κ3) is 4.11. The number of anilines is 1. The Morgan fingerprint density at radius 1 is 1.38 bits per heavy atom. The van der Waals surface area contributed by atoms with Gasteiger partial charge >= 0.3 is 6.18 Å². The molecule has 1 aliphatic carbocycles. The predicted molar refractivity (Wildman–Crippen MR) is 74.9 cm³/mol. The first-order valence-electron chi connectivity index (χ1n) is 7.05. The number of benzene rings is 1. The average Bonchev–Trinajstić information content (AvgIpc) is 3.26. The lowest BCUT2D eigenvalue weighted by molar-refractivity contribution is -0.137. The quantitative estimate of drug-likeness (QED) is 0.874. The normalized spacial score (nSPS) is 15.0. The molecule has 0 heterocycles. The molecule has 1 aliphatic rings. The first kappa shape index (κ1) is 15.6. The van der Waals surface area contributed by atoms with Gasteiger partial charge in [-0.05, 0) is 37.6 Å². The fourth-order valence-electron chi connectivity index (χ4n) is 2.38. The van der Waals surface area contributed by atoms with E-state index in [1.807, 2.05) is 0 Å². The second kappa shape index (κ2) is 6.35. The summed E-state index contributed by atoms with van der Waals surface area (Å²) in [5, 5.41) is 11.9. The number of hydrogen-bond donors (Lipinski definition) is 1. The molecular weight excluding hydrogens is 279 g/mol. The third-order valence-electron chi connectivity index (χ3n) is 3.64. The zero-order valence-electron chi connectivity index (χ0n) is 11.9. The summed E-state index contributed by atoms with van der Waals surface area (Å²) in [5.74, 6) is 0. The van der Waals surface area contributed by atoms with Crippen molar-refractivity contribution in [3.8, 4) is 6.07 Å². The number of nitrogens with zero attached hydrogens (tertiary/aromatic N) is 2. The van der Waals surface area contributed by atoms with Crippen molar-refractivity contribution in [2.24, 2.45) is 0 Å². The van der Waals surface area contributed by atoms with E-state index < -0.39 is 11.7 Å². The summed E-state index contributed by atoms with van der Waals surface area (Å²) in [4.78, 5) is 2.35. The van der Waals surface area contributed by atoms with Crippen LogP contribution in [0.3, 0.4) is 0 Å². The fraction of sp³-hybridized carbons (Fsp3) is 0.533. The molecule has 0 saturated heterocycles. The Morgan fingerprint density at radius 3 is 2.62 bits per heavy atom. The molecule has 2 rings (SSSR count). The molecule has 0 amide bonds. The standard InChI is InChI=1S/C15H18F3N3/c1-2-21(13-4-5-13)8-7-20-12-3-6-14(15(16,17)18)11(9-12)10-19/h3,6,9,13,20H,2,4-5,7-8H2,1H3. The van der Waals surface area contributed by atoms with Gasteiger partial charge in [0.2, 0.25) is 0 Å². The van der Waals surface area contributed by atoms with Crippen LogP contribution in [0.25, 0.3) is 0 Å². The molecule has 0 bridgehead atoms. The van der Waals surface area contributed by atoms with Crippen LogP contribution in [-0.4, -0.2) is 30.6 Å². The molecule has 1 saturated carbocycles. The molecule has 6 heteroatoms. The highest BCUT2D eigenvalue weighted by Gasteiger charge is 2.33. The molecule has 0 atom stereocenters. The van der Waals surface area contributed by atoms with Gasteiger partial charge in [-0.15, -0.1) is 0 Å². The van der Waals surface area contributed by atoms with Crippen LogP contribution in [0.4, 0.5) is 18.9 Å². The Balaban J connectivity index is 1.96. The largest absolute Gasteiger partial charge is 0.417 e. The van der Waals surface area contributed by atoms with Crippen LogP contribution in [0.15, 0.2) is 18.2 Å². The van der Waals surface area contributed by atoms with Gasteiger partial charge in [0.25, 0.3) is 0 Å². The molecule has 1 N–H and O–H groups in total. The second-order valence-electron chi connectivity index (χ2n) is 5.16. The summed E-state index contributed by atoms with van der Waals surface area (Å²) in [6, 6.07) is 5.87. The number of likely N-dealkylation sites (N-methyl/N-ethyl adjacent to an activating group) is 1. The van der Waals surface area contributed by atoms with Gasteiger partial charge in [0.1, 0.15) is 0 Å². The predicted octanol–water partition coefficient (Wildman–Crippen LogP) is 3.47.